The lowest BCUT2D eigenvalue weighted by molar-refractivity contribution is -0.157. The second-order valence-electron chi connectivity index (χ2n) is 20.8. The van der Waals surface area contributed by atoms with E-state index in [0.29, 0.717) is 38.6 Å². The highest BCUT2D eigenvalue weighted by Gasteiger charge is 2.41. The Morgan fingerprint density at radius 3 is 1.16 bits per heavy atom. The van der Waals surface area contributed by atoms with Gasteiger partial charge in [0.2, 0.25) is 0 Å². The summed E-state index contributed by atoms with van der Waals surface area (Å²) in [6.45, 7) is 9.24. The molecule has 0 aromatic carbocycles. The van der Waals surface area contributed by atoms with Crippen molar-refractivity contribution in [1.82, 2.24) is 9.80 Å². The molecular formula is C57H100N2O14. The second-order valence-corrected chi connectivity index (χ2v) is 20.8. The molecule has 0 N–H and O–H groups in total. The van der Waals surface area contributed by atoms with E-state index in [4.69, 9.17) is 33.2 Å². The van der Waals surface area contributed by atoms with Crippen LogP contribution in [-0.4, -0.2) is 130 Å². The van der Waals surface area contributed by atoms with Crippen LogP contribution in [0.3, 0.4) is 0 Å². The van der Waals surface area contributed by atoms with Crippen LogP contribution in [0.4, 0.5) is 4.79 Å². The van der Waals surface area contributed by atoms with E-state index in [-0.39, 0.29) is 115 Å². The molecule has 1 unspecified atom stereocenters. The molecule has 16 heteroatoms. The van der Waals surface area contributed by atoms with Crippen molar-refractivity contribution in [3.05, 3.63) is 0 Å². The van der Waals surface area contributed by atoms with Crippen LogP contribution in [0.1, 0.15) is 233 Å². The van der Waals surface area contributed by atoms with E-state index in [1.54, 1.807) is 0 Å². The fourth-order valence-corrected chi connectivity index (χ4v) is 9.16. The molecule has 2 rings (SSSR count). The normalized spacial score (nSPS) is 16.7. The standard InChI is InChI=1S/C57H100N2O14/c1-6-10-14-18-22-26-30-51(60)67-41-46(42-68-52(61)31-27-23-19-15-11-7-2)36-55(64)71-45-48-38-50(40-59(48)57(66)73-49-34-35-58(5)39-49)72-56(65)37-47(43-69-53(62)32-28-24-20-16-12-8-3)44-70-54(63)33-29-25-21-17-13-9-4/h46-50H,6-45H2,1-5H3/t48-,49?,50+/m1/s1. The zero-order chi connectivity index (χ0) is 53.3. The first-order valence-corrected chi connectivity index (χ1v) is 29.0. The number of esters is 6. The minimum atomic E-state index is -0.772. The zero-order valence-corrected chi connectivity index (χ0v) is 46.3. The van der Waals surface area contributed by atoms with Gasteiger partial charge in [-0.3, -0.25) is 33.7 Å². The highest BCUT2D eigenvalue weighted by molar-refractivity contribution is 5.73. The molecular weight excluding hydrogens is 937 g/mol. The molecule has 73 heavy (non-hydrogen) atoms. The molecule has 0 spiro atoms. The number of ether oxygens (including phenoxy) is 7. The van der Waals surface area contributed by atoms with Gasteiger partial charge in [0, 0.05) is 57.0 Å². The van der Waals surface area contributed by atoms with Gasteiger partial charge in [0.05, 0.1) is 51.9 Å². The third kappa shape index (κ3) is 33.6. The maximum Gasteiger partial charge on any atom is 0.410 e. The van der Waals surface area contributed by atoms with Crippen molar-refractivity contribution in [1.29, 1.82) is 0 Å². The first-order chi connectivity index (χ1) is 35.4. The van der Waals surface area contributed by atoms with Crippen molar-refractivity contribution in [2.75, 3.05) is 59.7 Å². The number of rotatable bonds is 44. The summed E-state index contributed by atoms with van der Waals surface area (Å²) in [5.74, 6) is -4.03. The number of likely N-dealkylation sites (N-methyl/N-ethyl adjacent to an activating group) is 1. The second kappa shape index (κ2) is 42.3. The van der Waals surface area contributed by atoms with E-state index in [2.05, 4.69) is 32.6 Å². The van der Waals surface area contributed by atoms with E-state index in [1.165, 1.54) is 4.90 Å². The van der Waals surface area contributed by atoms with Gasteiger partial charge in [-0.05, 0) is 39.2 Å². The van der Waals surface area contributed by atoms with Crippen molar-refractivity contribution >= 4 is 41.9 Å². The van der Waals surface area contributed by atoms with Crippen LogP contribution in [0.2, 0.25) is 0 Å². The molecule has 3 atom stereocenters. The summed E-state index contributed by atoms with van der Waals surface area (Å²) in [6.07, 6.45) is 24.2. The molecule has 0 aliphatic carbocycles. The minimum absolute atomic E-state index is 0.00770. The number of nitrogens with zero attached hydrogens (tertiary/aromatic N) is 2. The maximum absolute atomic E-state index is 13.7. The van der Waals surface area contributed by atoms with Gasteiger partial charge in [0.25, 0.3) is 0 Å². The van der Waals surface area contributed by atoms with Crippen molar-refractivity contribution in [3.63, 3.8) is 0 Å². The maximum atomic E-state index is 13.7. The number of unbranched alkanes of at least 4 members (excludes halogenated alkanes) is 20. The quantitative estimate of drug-likeness (QED) is 0.0318. The third-order valence-corrected chi connectivity index (χ3v) is 13.7. The summed E-state index contributed by atoms with van der Waals surface area (Å²) in [6, 6.07) is -0.696. The molecule has 16 nitrogen and oxygen atoms in total. The van der Waals surface area contributed by atoms with Gasteiger partial charge in [-0.2, -0.15) is 0 Å². The summed E-state index contributed by atoms with van der Waals surface area (Å²) in [5.41, 5.74) is 0. The average molecular weight is 1040 g/mol. The Kier molecular flexibility index (Phi) is 37.8. The molecule has 0 radical (unpaired) electrons. The average Bonchev–Trinajstić information content (AvgIpc) is 3.98. The monoisotopic (exact) mass is 1040 g/mol. The van der Waals surface area contributed by atoms with Gasteiger partial charge < -0.3 is 38.1 Å². The first-order valence-electron chi connectivity index (χ1n) is 29.0. The highest BCUT2D eigenvalue weighted by Crippen LogP contribution is 2.25. The van der Waals surface area contributed by atoms with E-state index in [0.717, 1.165) is 135 Å². The largest absolute Gasteiger partial charge is 0.465 e. The van der Waals surface area contributed by atoms with Gasteiger partial charge >= 0.3 is 41.9 Å². The topological polar surface area (TPSA) is 191 Å². The SMILES string of the molecule is CCCCCCCCC(=O)OCC(COC(=O)CCCCCCCC)CC(=O)OC[C@H]1C[C@H](OC(=O)CC(COC(=O)CCCCCCCC)COC(=O)CCCCCCCC)CN1C(=O)OC1CCN(C)C1. The van der Waals surface area contributed by atoms with Crippen LogP contribution in [-0.2, 0) is 61.9 Å². The Morgan fingerprint density at radius 1 is 0.425 bits per heavy atom. The van der Waals surface area contributed by atoms with Crippen molar-refractivity contribution in [2.45, 2.75) is 251 Å². The Bertz CT molecular complexity index is 1460. The van der Waals surface area contributed by atoms with E-state index < -0.39 is 42.0 Å². The van der Waals surface area contributed by atoms with E-state index in [1.807, 2.05) is 7.05 Å². The molecule has 2 heterocycles. The van der Waals surface area contributed by atoms with Crippen LogP contribution in [0.5, 0.6) is 0 Å². The smallest absolute Gasteiger partial charge is 0.410 e. The molecule has 2 aliphatic heterocycles. The number of carbonyl (C=O) groups is 7. The van der Waals surface area contributed by atoms with E-state index >= 15 is 0 Å². The predicted octanol–water partition coefficient (Wildman–Crippen LogP) is 11.5. The first kappa shape index (κ1) is 65.2. The van der Waals surface area contributed by atoms with Gasteiger partial charge in [-0.25, -0.2) is 4.79 Å². The molecule has 0 saturated carbocycles. The van der Waals surface area contributed by atoms with Crippen molar-refractivity contribution in [2.24, 2.45) is 11.8 Å². The van der Waals surface area contributed by atoms with Crippen LogP contribution >= 0.6 is 0 Å². The molecule has 2 fully saturated rings. The number of amides is 1. The van der Waals surface area contributed by atoms with E-state index in [9.17, 15) is 33.6 Å². The Hall–Kier alpha value is -3.95. The lowest BCUT2D eigenvalue weighted by atomic mass is 10.1. The van der Waals surface area contributed by atoms with Gasteiger partial charge in [-0.1, -0.05) is 156 Å². The summed E-state index contributed by atoms with van der Waals surface area (Å²) < 4.78 is 40.0. The van der Waals surface area contributed by atoms with Crippen LogP contribution in [0, 0.1) is 11.8 Å². The lowest BCUT2D eigenvalue weighted by Crippen LogP contribution is -2.41. The fourth-order valence-electron chi connectivity index (χ4n) is 9.16. The number of hydrogen-bond donors (Lipinski definition) is 0. The molecule has 0 bridgehead atoms. The van der Waals surface area contributed by atoms with Crippen LogP contribution in [0.25, 0.3) is 0 Å². The molecule has 1 amide bonds. The molecule has 2 saturated heterocycles. The summed E-state index contributed by atoms with van der Waals surface area (Å²) in [7, 11) is 1.95. The Balaban J connectivity index is 2.10. The predicted molar refractivity (Wildman–Crippen MR) is 280 cm³/mol. The summed E-state index contributed by atoms with van der Waals surface area (Å²) >= 11 is 0. The highest BCUT2D eigenvalue weighted by atomic mass is 16.6. The molecule has 0 aromatic heterocycles. The van der Waals surface area contributed by atoms with Crippen molar-refractivity contribution in [3.8, 4) is 0 Å². The number of likely N-dealkylation sites (tertiary alicyclic amines) is 2. The molecule has 0 aromatic rings. The van der Waals surface area contributed by atoms with Crippen molar-refractivity contribution < 1.29 is 66.7 Å². The number of hydrogen-bond acceptors (Lipinski definition) is 15. The lowest BCUT2D eigenvalue weighted by Gasteiger charge is -2.25. The third-order valence-electron chi connectivity index (χ3n) is 13.7. The van der Waals surface area contributed by atoms with Crippen LogP contribution < -0.4 is 0 Å². The Labute approximate surface area is 440 Å². The number of carbonyl (C=O) groups excluding carboxylic acids is 7. The molecule has 422 valence electrons. The van der Waals surface area contributed by atoms with Crippen LogP contribution in [0.15, 0.2) is 0 Å². The Morgan fingerprint density at radius 2 is 0.795 bits per heavy atom. The fraction of sp³-hybridized carbons (Fsp3) is 0.877. The van der Waals surface area contributed by atoms with Gasteiger partial charge in [0.1, 0.15) is 18.8 Å². The zero-order valence-electron chi connectivity index (χ0n) is 46.3. The van der Waals surface area contributed by atoms with Gasteiger partial charge in [0.15, 0.2) is 0 Å². The summed E-state index contributed by atoms with van der Waals surface area (Å²) in [4.78, 5) is 95.2. The minimum Gasteiger partial charge on any atom is -0.465 e. The summed E-state index contributed by atoms with van der Waals surface area (Å²) in [5, 5.41) is 0. The molecule has 2 aliphatic rings. The van der Waals surface area contributed by atoms with Gasteiger partial charge in [-0.15, -0.1) is 0 Å².